The van der Waals surface area contributed by atoms with E-state index in [0.717, 1.165) is 18.0 Å². The van der Waals surface area contributed by atoms with Gasteiger partial charge < -0.3 is 10.0 Å². The number of aliphatic carboxylic acids is 1. The number of nitrogens with zero attached hydrogens (tertiary/aromatic N) is 3. The molecule has 1 amide bonds. The molecule has 1 heterocycles. The molecule has 0 saturated carbocycles. The molecule has 1 aromatic rings. The molecular weight excluding hydrogens is 242 g/mol. The fraction of sp³-hybridized carbons (Fsp3) is 0.600. The first-order valence-electron chi connectivity index (χ1n) is 5.30. The van der Waals surface area contributed by atoms with E-state index in [9.17, 15) is 9.59 Å². The Labute approximate surface area is 103 Å². The van der Waals surface area contributed by atoms with E-state index in [1.807, 2.05) is 6.92 Å². The summed E-state index contributed by atoms with van der Waals surface area (Å²) >= 11 is 1.01. The van der Waals surface area contributed by atoms with Crippen molar-refractivity contribution in [2.24, 2.45) is 0 Å². The highest BCUT2D eigenvalue weighted by molar-refractivity contribution is 7.08. The summed E-state index contributed by atoms with van der Waals surface area (Å²) in [4.78, 5) is 24.5. The van der Waals surface area contributed by atoms with E-state index in [4.69, 9.17) is 5.11 Å². The van der Waals surface area contributed by atoms with Crippen molar-refractivity contribution in [3.05, 3.63) is 10.6 Å². The molecule has 0 aromatic carbocycles. The molecule has 0 bridgehead atoms. The Bertz CT molecular complexity index is 419. The second kappa shape index (κ2) is 5.72. The van der Waals surface area contributed by atoms with Crippen LogP contribution in [-0.2, 0) is 11.2 Å². The van der Waals surface area contributed by atoms with Crippen LogP contribution in [0.3, 0.4) is 0 Å². The van der Waals surface area contributed by atoms with Gasteiger partial charge in [-0.3, -0.25) is 4.79 Å². The van der Waals surface area contributed by atoms with E-state index in [1.54, 1.807) is 0 Å². The topological polar surface area (TPSA) is 83.4 Å². The molecule has 1 N–H and O–H groups in total. The van der Waals surface area contributed by atoms with E-state index in [2.05, 4.69) is 9.59 Å². The average molecular weight is 257 g/mol. The third-order valence-corrected chi connectivity index (χ3v) is 3.25. The minimum absolute atomic E-state index is 0.335. The Morgan fingerprint density at radius 3 is 2.71 bits per heavy atom. The van der Waals surface area contributed by atoms with E-state index in [0.29, 0.717) is 17.0 Å². The lowest BCUT2D eigenvalue weighted by Gasteiger charge is -2.20. The summed E-state index contributed by atoms with van der Waals surface area (Å²) < 4.78 is 3.75. The van der Waals surface area contributed by atoms with E-state index in [1.165, 1.54) is 18.9 Å². The summed E-state index contributed by atoms with van der Waals surface area (Å²) in [5.41, 5.74) is 0.645. The van der Waals surface area contributed by atoms with Crippen LogP contribution in [0.2, 0.25) is 0 Å². The van der Waals surface area contributed by atoms with Crippen LogP contribution in [0.25, 0.3) is 0 Å². The number of rotatable bonds is 5. The monoisotopic (exact) mass is 257 g/mol. The maximum Gasteiger partial charge on any atom is 0.326 e. The van der Waals surface area contributed by atoms with E-state index >= 15 is 0 Å². The van der Waals surface area contributed by atoms with Crippen molar-refractivity contribution in [3.8, 4) is 0 Å². The van der Waals surface area contributed by atoms with Gasteiger partial charge in [0.25, 0.3) is 5.91 Å². The normalized spacial score (nSPS) is 12.2. The highest BCUT2D eigenvalue weighted by Crippen LogP contribution is 2.16. The van der Waals surface area contributed by atoms with Crippen molar-refractivity contribution >= 4 is 23.4 Å². The maximum absolute atomic E-state index is 12.0. The molecule has 0 fully saturated rings. The molecule has 1 atom stereocenters. The first-order valence-corrected chi connectivity index (χ1v) is 6.07. The summed E-state index contributed by atoms with van der Waals surface area (Å²) in [6.45, 7) is 3.45. The van der Waals surface area contributed by atoms with Gasteiger partial charge in [-0.05, 0) is 24.9 Å². The number of aryl methyl sites for hydroxylation is 1. The Morgan fingerprint density at radius 1 is 1.53 bits per heavy atom. The van der Waals surface area contributed by atoms with Gasteiger partial charge in [-0.25, -0.2) is 4.79 Å². The molecule has 0 aliphatic rings. The second-order valence-electron chi connectivity index (χ2n) is 3.73. The van der Waals surface area contributed by atoms with Gasteiger partial charge in [-0.2, -0.15) is 0 Å². The number of carboxylic acid groups (broad SMARTS) is 1. The Balaban J connectivity index is 2.88. The Morgan fingerprint density at radius 2 is 2.18 bits per heavy atom. The van der Waals surface area contributed by atoms with Crippen LogP contribution in [0.4, 0.5) is 0 Å². The number of hydrogen-bond acceptors (Lipinski definition) is 5. The number of carboxylic acids is 1. The summed E-state index contributed by atoms with van der Waals surface area (Å²) in [6, 6.07) is -0.862. The van der Waals surface area contributed by atoms with Crippen molar-refractivity contribution < 1.29 is 14.7 Å². The third kappa shape index (κ3) is 3.00. The first kappa shape index (κ1) is 13.6. The van der Waals surface area contributed by atoms with Gasteiger partial charge in [0.1, 0.15) is 10.9 Å². The molecule has 0 saturated heterocycles. The van der Waals surface area contributed by atoms with Crippen LogP contribution in [0, 0.1) is 0 Å². The van der Waals surface area contributed by atoms with Crippen molar-refractivity contribution in [1.82, 2.24) is 14.5 Å². The summed E-state index contributed by atoms with van der Waals surface area (Å²) in [6.07, 6.45) is 1.54. The van der Waals surface area contributed by atoms with Gasteiger partial charge in [0, 0.05) is 7.05 Å². The molecule has 0 radical (unpaired) electrons. The van der Waals surface area contributed by atoms with Crippen molar-refractivity contribution in [1.29, 1.82) is 0 Å². The number of carbonyl (C=O) groups is 2. The molecule has 1 rings (SSSR count). The molecule has 7 heteroatoms. The van der Waals surface area contributed by atoms with Crippen LogP contribution in [0.5, 0.6) is 0 Å². The van der Waals surface area contributed by atoms with Crippen molar-refractivity contribution in [2.75, 3.05) is 7.05 Å². The number of hydrogen-bond donors (Lipinski definition) is 1. The lowest BCUT2D eigenvalue weighted by Crippen LogP contribution is -2.40. The second-order valence-corrected chi connectivity index (χ2v) is 4.48. The molecular formula is C10H15N3O3S. The summed E-state index contributed by atoms with van der Waals surface area (Å²) in [7, 11) is 1.47. The number of likely N-dealkylation sites (N-methyl/N-ethyl adjacent to an activating group) is 1. The molecule has 94 valence electrons. The van der Waals surface area contributed by atoms with E-state index in [-0.39, 0.29) is 5.91 Å². The Kier molecular flexibility index (Phi) is 4.56. The fourth-order valence-corrected chi connectivity index (χ4v) is 1.96. The number of aromatic nitrogens is 2. The molecule has 1 unspecified atom stereocenters. The average Bonchev–Trinajstić information content (AvgIpc) is 2.74. The van der Waals surface area contributed by atoms with Gasteiger partial charge in [-0.1, -0.05) is 17.8 Å². The zero-order valence-electron chi connectivity index (χ0n) is 10.0. The smallest absolute Gasteiger partial charge is 0.326 e. The quantitative estimate of drug-likeness (QED) is 0.852. The van der Waals surface area contributed by atoms with Crippen LogP contribution < -0.4 is 0 Å². The summed E-state index contributed by atoms with van der Waals surface area (Å²) in [5.74, 6) is -1.37. The SMILES string of the molecule is CCCc1nnsc1C(=O)N(C)C(C)C(=O)O. The van der Waals surface area contributed by atoms with Gasteiger partial charge in [0.2, 0.25) is 0 Å². The van der Waals surface area contributed by atoms with Crippen molar-refractivity contribution in [3.63, 3.8) is 0 Å². The zero-order chi connectivity index (χ0) is 13.0. The molecule has 1 aromatic heterocycles. The van der Waals surface area contributed by atoms with E-state index < -0.39 is 12.0 Å². The molecule has 0 aliphatic carbocycles. The minimum Gasteiger partial charge on any atom is -0.480 e. The van der Waals surface area contributed by atoms with Gasteiger partial charge in [0.15, 0.2) is 0 Å². The molecule has 17 heavy (non-hydrogen) atoms. The standard InChI is InChI=1S/C10H15N3O3S/c1-4-5-7-8(17-12-11-7)9(14)13(3)6(2)10(15)16/h6H,4-5H2,1-3H3,(H,15,16). The van der Waals surface area contributed by atoms with Crippen LogP contribution in [0.1, 0.15) is 35.6 Å². The fourth-order valence-electron chi connectivity index (χ4n) is 1.27. The van der Waals surface area contributed by atoms with Crippen LogP contribution >= 0.6 is 11.5 Å². The minimum atomic E-state index is -1.03. The van der Waals surface area contributed by atoms with Gasteiger partial charge >= 0.3 is 5.97 Å². The lowest BCUT2D eigenvalue weighted by molar-refractivity contribution is -0.141. The molecule has 6 nitrogen and oxygen atoms in total. The predicted molar refractivity (Wildman–Crippen MR) is 63.1 cm³/mol. The predicted octanol–water partition coefficient (Wildman–Crippen LogP) is 1.04. The van der Waals surface area contributed by atoms with Crippen LogP contribution in [0.15, 0.2) is 0 Å². The largest absolute Gasteiger partial charge is 0.480 e. The Hall–Kier alpha value is -1.50. The number of amides is 1. The highest BCUT2D eigenvalue weighted by atomic mass is 32.1. The third-order valence-electron chi connectivity index (χ3n) is 2.50. The molecule has 0 spiro atoms. The van der Waals surface area contributed by atoms with Crippen molar-refractivity contribution in [2.45, 2.75) is 32.7 Å². The van der Waals surface area contributed by atoms with Gasteiger partial charge in [-0.15, -0.1) is 5.10 Å². The number of carbonyl (C=O) groups excluding carboxylic acids is 1. The highest BCUT2D eigenvalue weighted by Gasteiger charge is 2.26. The van der Waals surface area contributed by atoms with Crippen LogP contribution in [-0.4, -0.2) is 44.6 Å². The molecule has 0 aliphatic heterocycles. The first-order chi connectivity index (χ1) is 7.99. The lowest BCUT2D eigenvalue weighted by atomic mass is 10.2. The summed E-state index contributed by atoms with van der Waals surface area (Å²) in [5, 5.41) is 12.7. The van der Waals surface area contributed by atoms with Gasteiger partial charge in [0.05, 0.1) is 5.69 Å². The maximum atomic E-state index is 12.0. The zero-order valence-corrected chi connectivity index (χ0v) is 10.8.